The second-order valence-corrected chi connectivity index (χ2v) is 8.66. The highest BCUT2D eigenvalue weighted by molar-refractivity contribution is 8.26. The third-order valence-electron chi connectivity index (χ3n) is 4.22. The van der Waals surface area contributed by atoms with Crippen LogP contribution in [0.25, 0.3) is 6.08 Å². The summed E-state index contributed by atoms with van der Waals surface area (Å²) in [5.41, 5.74) is 0. The van der Waals surface area contributed by atoms with Gasteiger partial charge in [0, 0.05) is 23.9 Å². The molecule has 1 aromatic heterocycles. The van der Waals surface area contributed by atoms with E-state index in [0.29, 0.717) is 28.2 Å². The number of thiophene rings is 1. The Bertz CT molecular complexity index is 649. The smallest absolute Gasteiger partial charge is 0.266 e. The first-order chi connectivity index (χ1) is 11.6. The fourth-order valence-corrected chi connectivity index (χ4v) is 4.99. The second-order valence-electron chi connectivity index (χ2n) is 6.00. The number of hydrogen-bond acceptors (Lipinski definition) is 5. The molecule has 0 aromatic carbocycles. The van der Waals surface area contributed by atoms with Crippen LogP contribution in [0.2, 0.25) is 0 Å². The van der Waals surface area contributed by atoms with E-state index in [1.165, 1.54) is 31.0 Å². The molecule has 7 heteroatoms. The number of carbonyl (C=O) groups is 2. The molecule has 4 nitrogen and oxygen atoms in total. The third kappa shape index (κ3) is 4.46. The summed E-state index contributed by atoms with van der Waals surface area (Å²) < 4.78 is 0.535. The molecule has 1 aliphatic heterocycles. The van der Waals surface area contributed by atoms with Crippen LogP contribution >= 0.6 is 35.3 Å². The average Bonchev–Trinajstić information content (AvgIpc) is 3.16. The summed E-state index contributed by atoms with van der Waals surface area (Å²) in [5.74, 6) is -0.0814. The predicted molar refractivity (Wildman–Crippen MR) is 104 cm³/mol. The molecule has 1 saturated heterocycles. The average molecular weight is 381 g/mol. The van der Waals surface area contributed by atoms with Crippen LogP contribution in [0.4, 0.5) is 0 Å². The molecule has 0 bridgehead atoms. The molecular weight excluding hydrogens is 360 g/mol. The minimum Gasteiger partial charge on any atom is -0.353 e. The van der Waals surface area contributed by atoms with Crippen molar-refractivity contribution in [1.82, 2.24) is 10.2 Å². The number of rotatable bonds is 5. The first-order valence-electron chi connectivity index (χ1n) is 8.22. The van der Waals surface area contributed by atoms with Gasteiger partial charge in [0.25, 0.3) is 5.91 Å². The lowest BCUT2D eigenvalue weighted by Gasteiger charge is -2.23. The Balaban J connectivity index is 1.52. The molecule has 0 unspecified atom stereocenters. The zero-order valence-electron chi connectivity index (χ0n) is 13.3. The summed E-state index contributed by atoms with van der Waals surface area (Å²) in [6, 6.07) is 4.22. The number of amides is 2. The lowest BCUT2D eigenvalue weighted by Crippen LogP contribution is -2.39. The van der Waals surface area contributed by atoms with Gasteiger partial charge >= 0.3 is 0 Å². The van der Waals surface area contributed by atoms with Gasteiger partial charge < -0.3 is 5.32 Å². The fraction of sp³-hybridized carbons (Fsp3) is 0.471. The van der Waals surface area contributed by atoms with Crippen molar-refractivity contribution in [2.75, 3.05) is 6.54 Å². The molecule has 0 atom stereocenters. The monoisotopic (exact) mass is 380 g/mol. The van der Waals surface area contributed by atoms with E-state index in [9.17, 15) is 9.59 Å². The minimum absolute atomic E-state index is 0.0122. The molecule has 2 heterocycles. The Kier molecular flexibility index (Phi) is 6.08. The predicted octanol–water partition coefficient (Wildman–Crippen LogP) is 3.79. The Morgan fingerprint density at radius 2 is 2.17 bits per heavy atom. The van der Waals surface area contributed by atoms with Crippen LogP contribution in [-0.4, -0.2) is 33.6 Å². The van der Waals surface area contributed by atoms with Crippen molar-refractivity contribution in [1.29, 1.82) is 0 Å². The van der Waals surface area contributed by atoms with E-state index in [-0.39, 0.29) is 11.8 Å². The van der Waals surface area contributed by atoms with E-state index >= 15 is 0 Å². The van der Waals surface area contributed by atoms with Gasteiger partial charge in [-0.2, -0.15) is 0 Å². The highest BCUT2D eigenvalue weighted by atomic mass is 32.2. The summed E-state index contributed by atoms with van der Waals surface area (Å²) in [7, 11) is 0. The largest absolute Gasteiger partial charge is 0.353 e. The molecular formula is C17H20N2O2S3. The highest BCUT2D eigenvalue weighted by Crippen LogP contribution is 2.33. The summed E-state index contributed by atoms with van der Waals surface area (Å²) in [6.07, 6.45) is 7.94. The van der Waals surface area contributed by atoms with E-state index < -0.39 is 0 Å². The number of nitrogens with one attached hydrogen (secondary N) is 1. The van der Waals surface area contributed by atoms with Crippen LogP contribution < -0.4 is 5.32 Å². The van der Waals surface area contributed by atoms with Crippen molar-refractivity contribution in [3.05, 3.63) is 27.3 Å². The van der Waals surface area contributed by atoms with Gasteiger partial charge in [-0.25, -0.2) is 0 Å². The van der Waals surface area contributed by atoms with Crippen molar-refractivity contribution in [2.45, 2.75) is 44.6 Å². The molecule has 0 radical (unpaired) electrons. The van der Waals surface area contributed by atoms with Crippen molar-refractivity contribution in [3.63, 3.8) is 0 Å². The van der Waals surface area contributed by atoms with Crippen molar-refractivity contribution in [3.8, 4) is 0 Å². The van der Waals surface area contributed by atoms with Crippen LogP contribution in [-0.2, 0) is 9.59 Å². The quantitative estimate of drug-likeness (QED) is 0.624. The number of nitrogens with zero attached hydrogens (tertiary/aromatic N) is 1. The Morgan fingerprint density at radius 1 is 1.38 bits per heavy atom. The maximum absolute atomic E-state index is 12.5. The molecule has 2 amide bonds. The van der Waals surface area contributed by atoms with Gasteiger partial charge in [0.05, 0.1) is 4.91 Å². The normalized spacial score (nSPS) is 20.8. The van der Waals surface area contributed by atoms with Crippen LogP contribution in [0.1, 0.15) is 43.4 Å². The Morgan fingerprint density at radius 3 is 2.88 bits per heavy atom. The maximum Gasteiger partial charge on any atom is 0.266 e. The number of thiocarbonyl (C=S) groups is 1. The zero-order chi connectivity index (χ0) is 16.9. The molecule has 1 N–H and O–H groups in total. The lowest BCUT2D eigenvalue weighted by molar-refractivity contribution is -0.124. The van der Waals surface area contributed by atoms with Gasteiger partial charge in [-0.15, -0.1) is 11.3 Å². The molecule has 1 aliphatic carbocycles. The summed E-state index contributed by atoms with van der Waals surface area (Å²) in [4.78, 5) is 27.8. The zero-order valence-corrected chi connectivity index (χ0v) is 15.8. The highest BCUT2D eigenvalue weighted by Gasteiger charge is 2.32. The maximum atomic E-state index is 12.5. The third-order valence-corrected chi connectivity index (χ3v) is 6.42. The molecule has 2 fully saturated rings. The molecule has 128 valence electrons. The summed E-state index contributed by atoms with van der Waals surface area (Å²) in [6.45, 7) is 0.352. The van der Waals surface area contributed by atoms with Crippen molar-refractivity contribution < 1.29 is 9.59 Å². The molecule has 0 spiro atoms. The molecule has 3 rings (SSSR count). The van der Waals surface area contributed by atoms with Gasteiger partial charge in [0.2, 0.25) is 5.91 Å². The van der Waals surface area contributed by atoms with E-state index in [4.69, 9.17) is 12.2 Å². The van der Waals surface area contributed by atoms with Crippen LogP contribution in [0.5, 0.6) is 0 Å². The topological polar surface area (TPSA) is 49.4 Å². The Labute approximate surface area is 155 Å². The SMILES string of the molecule is O=C(CCN1C(=O)/C(=C\c2cccs2)SC1=S)NC1CCCCC1. The van der Waals surface area contributed by atoms with Gasteiger partial charge in [0.1, 0.15) is 4.32 Å². The van der Waals surface area contributed by atoms with E-state index in [0.717, 1.165) is 17.7 Å². The van der Waals surface area contributed by atoms with Crippen LogP contribution in [0, 0.1) is 0 Å². The molecule has 2 aliphatic rings. The number of hydrogen-bond donors (Lipinski definition) is 1. The standard InChI is InChI=1S/C17H20N2O2S3/c20-15(18-12-5-2-1-3-6-12)8-9-19-16(21)14(24-17(19)22)11-13-7-4-10-23-13/h4,7,10-12H,1-3,5-6,8-9H2,(H,18,20)/b14-11+. The van der Waals surface area contributed by atoms with Crippen LogP contribution in [0.3, 0.4) is 0 Å². The first-order valence-corrected chi connectivity index (χ1v) is 10.3. The number of thioether (sulfide) groups is 1. The van der Waals surface area contributed by atoms with E-state index in [2.05, 4.69) is 5.32 Å². The van der Waals surface area contributed by atoms with E-state index in [1.54, 1.807) is 16.2 Å². The first kappa shape index (κ1) is 17.6. The van der Waals surface area contributed by atoms with Gasteiger partial charge in [-0.3, -0.25) is 14.5 Å². The van der Waals surface area contributed by atoms with Gasteiger partial charge in [-0.05, 0) is 30.4 Å². The van der Waals surface area contributed by atoms with Crippen LogP contribution in [0.15, 0.2) is 22.4 Å². The summed E-state index contributed by atoms with van der Waals surface area (Å²) in [5, 5.41) is 5.05. The molecule has 1 aromatic rings. The number of carbonyl (C=O) groups excluding carboxylic acids is 2. The fourth-order valence-electron chi connectivity index (χ4n) is 2.96. The summed E-state index contributed by atoms with van der Waals surface area (Å²) >= 11 is 8.20. The second kappa shape index (κ2) is 8.27. The van der Waals surface area contributed by atoms with Crippen molar-refractivity contribution >= 4 is 57.5 Å². The van der Waals surface area contributed by atoms with Gasteiger partial charge in [-0.1, -0.05) is 49.3 Å². The molecule has 1 saturated carbocycles. The minimum atomic E-state index is -0.0936. The molecule has 24 heavy (non-hydrogen) atoms. The van der Waals surface area contributed by atoms with Crippen molar-refractivity contribution in [2.24, 2.45) is 0 Å². The van der Waals surface area contributed by atoms with E-state index in [1.807, 2.05) is 23.6 Å². The lowest BCUT2D eigenvalue weighted by atomic mass is 9.95. The Hall–Kier alpha value is -1.18. The van der Waals surface area contributed by atoms with Gasteiger partial charge in [0.15, 0.2) is 0 Å².